The summed E-state index contributed by atoms with van der Waals surface area (Å²) in [7, 11) is 1.34. The molecular weight excluding hydrogens is 439 g/mol. The molecule has 2 aromatic carbocycles. The summed E-state index contributed by atoms with van der Waals surface area (Å²) < 4.78 is 12.3. The maximum atomic E-state index is 11.6. The Morgan fingerprint density at radius 2 is 2.06 bits per heavy atom. The van der Waals surface area contributed by atoms with Crippen molar-refractivity contribution in [3.05, 3.63) is 76.8 Å². The summed E-state index contributed by atoms with van der Waals surface area (Å²) in [5.74, 6) is 0.781. The quantitative estimate of drug-likeness (QED) is 0.311. The van der Waals surface area contributed by atoms with E-state index in [1.807, 2.05) is 22.9 Å². The molecule has 0 radical (unpaired) electrons. The van der Waals surface area contributed by atoms with Gasteiger partial charge >= 0.3 is 5.97 Å². The lowest BCUT2D eigenvalue weighted by Crippen LogP contribution is -2.13. The van der Waals surface area contributed by atoms with Crippen molar-refractivity contribution in [2.45, 2.75) is 0 Å². The van der Waals surface area contributed by atoms with Gasteiger partial charge < -0.3 is 19.4 Å². The molecule has 2 aromatic heterocycles. The maximum absolute atomic E-state index is 11.6. The molecule has 0 saturated heterocycles. The van der Waals surface area contributed by atoms with Gasteiger partial charge in [0.1, 0.15) is 18.2 Å². The number of hydrogen-bond donors (Lipinski definition) is 1. The minimum Gasteiger partial charge on any atom is -0.492 e. The molecule has 1 N–H and O–H groups in total. The number of methoxy groups -OCH3 is 1. The van der Waals surface area contributed by atoms with Crippen LogP contribution in [0.25, 0.3) is 16.6 Å². The lowest BCUT2D eigenvalue weighted by Gasteiger charge is -2.13. The van der Waals surface area contributed by atoms with Crippen molar-refractivity contribution < 1.29 is 14.3 Å². The monoisotopic (exact) mass is 456 g/mol. The minimum atomic E-state index is -0.411. The molecule has 158 valence electrons. The van der Waals surface area contributed by atoms with Gasteiger partial charge in [-0.25, -0.2) is 14.8 Å². The lowest BCUT2D eigenvalue weighted by molar-refractivity contribution is 0.0600. The van der Waals surface area contributed by atoms with E-state index < -0.39 is 5.97 Å². The van der Waals surface area contributed by atoms with Gasteiger partial charge in [0, 0.05) is 23.8 Å². The number of esters is 1. The lowest BCUT2D eigenvalue weighted by atomic mass is 10.1. The number of halogens is 2. The number of imidazole rings is 1. The molecule has 0 saturated carbocycles. The average Bonchev–Trinajstić information content (AvgIpc) is 3.33. The predicted octanol–water partition coefficient (Wildman–Crippen LogP) is 5.00. The van der Waals surface area contributed by atoms with Crippen molar-refractivity contribution in [2.75, 3.05) is 25.6 Å². The van der Waals surface area contributed by atoms with Gasteiger partial charge in [0.2, 0.25) is 0 Å². The number of nitrogens with zero attached hydrogens (tertiary/aromatic N) is 3. The van der Waals surface area contributed by atoms with Crippen LogP contribution in [-0.2, 0) is 4.74 Å². The van der Waals surface area contributed by atoms with Gasteiger partial charge in [0.15, 0.2) is 0 Å². The second kappa shape index (κ2) is 9.24. The summed E-state index contributed by atoms with van der Waals surface area (Å²) in [5.41, 5.74) is 1.89. The molecule has 0 unspecified atom stereocenters. The van der Waals surface area contributed by atoms with Gasteiger partial charge in [0.05, 0.1) is 46.8 Å². The Morgan fingerprint density at radius 1 is 1.19 bits per heavy atom. The molecular formula is C22H18Cl2N4O3. The van der Waals surface area contributed by atoms with Crippen LogP contribution in [0.2, 0.25) is 10.0 Å². The molecule has 0 atom stereocenters. The van der Waals surface area contributed by atoms with Gasteiger partial charge in [0.25, 0.3) is 0 Å². The number of ether oxygens (including phenoxy) is 2. The van der Waals surface area contributed by atoms with E-state index >= 15 is 0 Å². The van der Waals surface area contributed by atoms with Crippen LogP contribution < -0.4 is 10.1 Å². The molecule has 0 amide bonds. The van der Waals surface area contributed by atoms with E-state index in [4.69, 9.17) is 32.7 Å². The summed E-state index contributed by atoms with van der Waals surface area (Å²) in [5, 5.41) is 4.92. The van der Waals surface area contributed by atoms with Crippen molar-refractivity contribution in [1.29, 1.82) is 0 Å². The van der Waals surface area contributed by atoms with Crippen LogP contribution in [0.3, 0.4) is 0 Å². The molecule has 9 heteroatoms. The van der Waals surface area contributed by atoms with Crippen molar-refractivity contribution >= 4 is 45.9 Å². The van der Waals surface area contributed by atoms with Crippen molar-refractivity contribution in [3.8, 4) is 11.4 Å². The average molecular weight is 457 g/mol. The third kappa shape index (κ3) is 4.57. The molecule has 7 nitrogen and oxygen atoms in total. The first-order chi connectivity index (χ1) is 15.1. The molecule has 0 aliphatic carbocycles. The fourth-order valence-electron chi connectivity index (χ4n) is 3.10. The SMILES string of the molecule is COC(=O)c1cccc(OCCNc2cc(-n3ccnc3)c3ccc(Cl)c(Cl)c3n2)c1. The first-order valence-corrected chi connectivity index (χ1v) is 10.1. The number of fused-ring (bicyclic) bond motifs is 1. The highest BCUT2D eigenvalue weighted by atomic mass is 35.5. The molecule has 0 aliphatic heterocycles. The van der Waals surface area contributed by atoms with E-state index in [0.717, 1.165) is 11.1 Å². The standard InChI is InChI=1S/C22H18Cl2N4O3/c1-30-22(29)14-3-2-4-15(11-14)31-10-8-26-19-12-18(28-9-7-25-13-28)16-5-6-17(23)20(24)21(16)27-19/h2-7,9,11-13H,8,10H2,1H3,(H,26,27). The van der Waals surface area contributed by atoms with Crippen LogP contribution >= 0.6 is 23.2 Å². The van der Waals surface area contributed by atoms with Crippen molar-refractivity contribution in [3.63, 3.8) is 0 Å². The molecule has 0 spiro atoms. The number of benzene rings is 2. The maximum Gasteiger partial charge on any atom is 0.337 e. The van der Waals surface area contributed by atoms with Crippen LogP contribution in [0.1, 0.15) is 10.4 Å². The molecule has 0 aliphatic rings. The largest absolute Gasteiger partial charge is 0.492 e. The van der Waals surface area contributed by atoms with E-state index in [1.165, 1.54) is 7.11 Å². The highest BCUT2D eigenvalue weighted by molar-refractivity contribution is 6.45. The number of hydrogen-bond acceptors (Lipinski definition) is 6. The summed E-state index contributed by atoms with van der Waals surface area (Å²) in [6.45, 7) is 0.830. The van der Waals surface area contributed by atoms with Crippen molar-refractivity contribution in [1.82, 2.24) is 14.5 Å². The third-order valence-corrected chi connectivity index (χ3v) is 5.36. The first-order valence-electron chi connectivity index (χ1n) is 9.39. The second-order valence-electron chi connectivity index (χ2n) is 6.55. The van der Waals surface area contributed by atoms with Gasteiger partial charge in [-0.2, -0.15) is 0 Å². The van der Waals surface area contributed by atoms with Crippen LogP contribution in [0.4, 0.5) is 5.82 Å². The van der Waals surface area contributed by atoms with Gasteiger partial charge in [-0.1, -0.05) is 29.3 Å². The Hall–Kier alpha value is -3.29. The van der Waals surface area contributed by atoms with Crippen LogP contribution in [0.5, 0.6) is 5.75 Å². The van der Waals surface area contributed by atoms with Gasteiger partial charge in [-0.3, -0.25) is 0 Å². The van der Waals surface area contributed by atoms with E-state index in [9.17, 15) is 4.79 Å². The normalized spacial score (nSPS) is 10.8. The molecule has 0 fully saturated rings. The highest BCUT2D eigenvalue weighted by Crippen LogP contribution is 2.33. The zero-order valence-corrected chi connectivity index (χ0v) is 18.0. The second-order valence-corrected chi connectivity index (χ2v) is 7.33. The summed E-state index contributed by atoms with van der Waals surface area (Å²) in [6.07, 6.45) is 5.25. The van der Waals surface area contributed by atoms with E-state index in [2.05, 4.69) is 15.3 Å². The number of anilines is 1. The Morgan fingerprint density at radius 3 is 2.84 bits per heavy atom. The Kier molecular flexibility index (Phi) is 6.25. The first kappa shape index (κ1) is 21.0. The summed E-state index contributed by atoms with van der Waals surface area (Å²) in [4.78, 5) is 20.4. The molecule has 4 rings (SSSR count). The molecule has 4 aromatic rings. The Bertz CT molecular complexity index is 1230. The van der Waals surface area contributed by atoms with Crippen LogP contribution in [0, 0.1) is 0 Å². The number of nitrogens with one attached hydrogen (secondary N) is 1. The summed E-state index contributed by atoms with van der Waals surface area (Å²) in [6, 6.07) is 12.4. The summed E-state index contributed by atoms with van der Waals surface area (Å²) >= 11 is 12.6. The fraction of sp³-hybridized carbons (Fsp3) is 0.136. The van der Waals surface area contributed by atoms with Crippen molar-refractivity contribution in [2.24, 2.45) is 0 Å². The fourth-order valence-corrected chi connectivity index (χ4v) is 3.46. The highest BCUT2D eigenvalue weighted by Gasteiger charge is 2.13. The number of pyridine rings is 1. The Balaban J connectivity index is 1.51. The van der Waals surface area contributed by atoms with E-state index in [0.29, 0.717) is 45.8 Å². The predicted molar refractivity (Wildman–Crippen MR) is 121 cm³/mol. The molecule has 31 heavy (non-hydrogen) atoms. The minimum absolute atomic E-state index is 0.355. The Labute approximate surface area is 188 Å². The van der Waals surface area contributed by atoms with E-state index in [1.54, 1.807) is 42.9 Å². The zero-order valence-electron chi connectivity index (χ0n) is 16.5. The topological polar surface area (TPSA) is 78.3 Å². The third-order valence-electron chi connectivity index (χ3n) is 4.57. The number of carbonyl (C=O) groups excluding carboxylic acids is 1. The number of carbonyl (C=O) groups is 1. The van der Waals surface area contributed by atoms with Crippen LogP contribution in [0.15, 0.2) is 61.2 Å². The van der Waals surface area contributed by atoms with E-state index in [-0.39, 0.29) is 0 Å². The number of rotatable bonds is 7. The van der Waals surface area contributed by atoms with Gasteiger partial charge in [-0.15, -0.1) is 0 Å². The van der Waals surface area contributed by atoms with Crippen LogP contribution in [-0.4, -0.2) is 40.8 Å². The smallest absolute Gasteiger partial charge is 0.337 e. The molecule has 2 heterocycles. The van der Waals surface area contributed by atoms with Gasteiger partial charge in [-0.05, 0) is 30.3 Å². The zero-order chi connectivity index (χ0) is 21.8. The number of aromatic nitrogens is 3. The molecule has 0 bridgehead atoms.